The lowest BCUT2D eigenvalue weighted by Crippen LogP contribution is -2.34. The van der Waals surface area contributed by atoms with Gasteiger partial charge in [-0.1, -0.05) is 23.7 Å². The van der Waals surface area contributed by atoms with Crippen LogP contribution >= 0.6 is 11.6 Å². The van der Waals surface area contributed by atoms with E-state index in [1.807, 2.05) is 31.2 Å². The number of rotatable bonds is 5. The second-order valence-electron chi connectivity index (χ2n) is 5.45. The summed E-state index contributed by atoms with van der Waals surface area (Å²) < 4.78 is 1.51. The number of pyridine rings is 1. The van der Waals surface area contributed by atoms with Gasteiger partial charge in [0.25, 0.3) is 5.91 Å². The van der Waals surface area contributed by atoms with E-state index in [9.17, 15) is 4.79 Å². The maximum atomic E-state index is 12.4. The van der Waals surface area contributed by atoms with Crippen LogP contribution in [0.4, 0.5) is 0 Å². The molecular weight excluding hydrogens is 326 g/mol. The van der Waals surface area contributed by atoms with Crippen LogP contribution in [0.2, 0.25) is 5.02 Å². The Morgan fingerprint density at radius 2 is 2.08 bits per heavy atom. The summed E-state index contributed by atoms with van der Waals surface area (Å²) >= 11 is 5.88. The van der Waals surface area contributed by atoms with Crippen LogP contribution in [0.1, 0.15) is 22.8 Å². The van der Waals surface area contributed by atoms with E-state index in [0.29, 0.717) is 16.4 Å². The SMILES string of the molecule is C[C@H](Cc1ccc(Cl)cc1)NC(=O)c1ccnc(-n2cncn2)c1. The molecule has 1 aromatic carbocycles. The third kappa shape index (κ3) is 3.97. The molecule has 24 heavy (non-hydrogen) atoms. The highest BCUT2D eigenvalue weighted by Gasteiger charge is 2.12. The van der Waals surface area contributed by atoms with Gasteiger partial charge in [0, 0.05) is 22.8 Å². The molecule has 1 N–H and O–H groups in total. The summed E-state index contributed by atoms with van der Waals surface area (Å²) in [5, 5.41) is 7.70. The van der Waals surface area contributed by atoms with Crippen LogP contribution in [0.25, 0.3) is 5.82 Å². The molecule has 2 heterocycles. The van der Waals surface area contributed by atoms with Gasteiger partial charge in [-0.3, -0.25) is 4.79 Å². The molecule has 0 aliphatic carbocycles. The minimum absolute atomic E-state index is 0.0124. The highest BCUT2D eigenvalue weighted by molar-refractivity contribution is 6.30. The highest BCUT2D eigenvalue weighted by Crippen LogP contribution is 2.11. The molecular formula is C17H16ClN5O. The number of nitrogens with one attached hydrogen (secondary N) is 1. The van der Waals surface area contributed by atoms with Gasteiger partial charge in [0.15, 0.2) is 5.82 Å². The highest BCUT2D eigenvalue weighted by atomic mass is 35.5. The summed E-state index contributed by atoms with van der Waals surface area (Å²) in [6.45, 7) is 1.96. The summed E-state index contributed by atoms with van der Waals surface area (Å²) in [5.41, 5.74) is 1.64. The van der Waals surface area contributed by atoms with Crippen molar-refractivity contribution in [2.75, 3.05) is 0 Å². The summed E-state index contributed by atoms with van der Waals surface area (Å²) in [7, 11) is 0. The van der Waals surface area contributed by atoms with Gasteiger partial charge in [-0.05, 0) is 43.2 Å². The number of halogens is 1. The van der Waals surface area contributed by atoms with Crippen molar-refractivity contribution in [1.82, 2.24) is 25.1 Å². The Morgan fingerprint density at radius 1 is 1.29 bits per heavy atom. The standard InChI is InChI=1S/C17H16ClN5O/c1-12(8-13-2-4-15(18)5-3-13)22-17(24)14-6-7-20-16(9-14)23-11-19-10-21-23/h2-7,9-12H,8H2,1H3,(H,22,24)/t12-/m1/s1. The largest absolute Gasteiger partial charge is 0.349 e. The van der Waals surface area contributed by atoms with E-state index in [1.165, 1.54) is 17.3 Å². The first-order chi connectivity index (χ1) is 11.6. The van der Waals surface area contributed by atoms with Crippen LogP contribution in [0.5, 0.6) is 0 Å². The van der Waals surface area contributed by atoms with E-state index in [2.05, 4.69) is 20.4 Å². The normalized spacial score (nSPS) is 11.9. The maximum absolute atomic E-state index is 12.4. The second-order valence-corrected chi connectivity index (χ2v) is 5.88. The third-order valence-corrected chi connectivity index (χ3v) is 3.75. The van der Waals surface area contributed by atoms with Gasteiger partial charge in [-0.15, -0.1) is 0 Å². The fourth-order valence-electron chi connectivity index (χ4n) is 2.34. The van der Waals surface area contributed by atoms with Gasteiger partial charge >= 0.3 is 0 Å². The molecule has 2 aromatic heterocycles. The number of carbonyl (C=O) groups excluding carboxylic acids is 1. The van der Waals surface area contributed by atoms with Crippen molar-refractivity contribution in [2.24, 2.45) is 0 Å². The van der Waals surface area contributed by atoms with Gasteiger partial charge < -0.3 is 5.32 Å². The van der Waals surface area contributed by atoms with Crippen molar-refractivity contribution in [3.63, 3.8) is 0 Å². The smallest absolute Gasteiger partial charge is 0.251 e. The number of aromatic nitrogens is 4. The minimum Gasteiger partial charge on any atom is -0.349 e. The molecule has 0 fully saturated rings. The monoisotopic (exact) mass is 341 g/mol. The van der Waals surface area contributed by atoms with Crippen LogP contribution in [0.15, 0.2) is 55.2 Å². The molecule has 6 nitrogen and oxygen atoms in total. The minimum atomic E-state index is -0.153. The number of hydrogen-bond acceptors (Lipinski definition) is 4. The first-order valence-corrected chi connectivity index (χ1v) is 7.86. The lowest BCUT2D eigenvalue weighted by atomic mass is 10.1. The van der Waals surface area contributed by atoms with Gasteiger partial charge in [-0.2, -0.15) is 5.10 Å². The van der Waals surface area contributed by atoms with Gasteiger partial charge in [0.2, 0.25) is 0 Å². The molecule has 122 valence electrons. The number of amides is 1. The summed E-state index contributed by atoms with van der Waals surface area (Å²) in [6.07, 6.45) is 5.26. The molecule has 3 rings (SSSR count). The lowest BCUT2D eigenvalue weighted by Gasteiger charge is -2.14. The van der Waals surface area contributed by atoms with E-state index in [4.69, 9.17) is 11.6 Å². The third-order valence-electron chi connectivity index (χ3n) is 3.49. The summed E-state index contributed by atoms with van der Waals surface area (Å²) in [5.74, 6) is 0.394. The van der Waals surface area contributed by atoms with Crippen LogP contribution in [0.3, 0.4) is 0 Å². The Labute approximate surface area is 144 Å². The number of nitrogens with zero attached hydrogens (tertiary/aromatic N) is 4. The van der Waals surface area contributed by atoms with Crippen molar-refractivity contribution in [1.29, 1.82) is 0 Å². The lowest BCUT2D eigenvalue weighted by molar-refractivity contribution is 0.0940. The summed E-state index contributed by atoms with van der Waals surface area (Å²) in [6, 6.07) is 10.9. The fourth-order valence-corrected chi connectivity index (χ4v) is 2.47. The zero-order valence-electron chi connectivity index (χ0n) is 13.1. The van der Waals surface area contributed by atoms with E-state index < -0.39 is 0 Å². The number of hydrogen-bond donors (Lipinski definition) is 1. The van der Waals surface area contributed by atoms with Crippen LogP contribution < -0.4 is 5.32 Å². The average molecular weight is 342 g/mol. The van der Waals surface area contributed by atoms with Crippen LogP contribution in [0, 0.1) is 0 Å². The number of benzene rings is 1. The molecule has 0 unspecified atom stereocenters. The molecule has 0 saturated heterocycles. The van der Waals surface area contributed by atoms with E-state index in [0.717, 1.165) is 12.0 Å². The molecule has 0 aliphatic heterocycles. The van der Waals surface area contributed by atoms with Gasteiger partial charge in [0.05, 0.1) is 0 Å². The predicted octanol–water partition coefficient (Wildman–Crippen LogP) is 2.68. The van der Waals surface area contributed by atoms with Crippen molar-refractivity contribution in [2.45, 2.75) is 19.4 Å². The fraction of sp³-hybridized carbons (Fsp3) is 0.176. The zero-order chi connectivity index (χ0) is 16.9. The van der Waals surface area contributed by atoms with E-state index in [-0.39, 0.29) is 11.9 Å². The maximum Gasteiger partial charge on any atom is 0.251 e. The van der Waals surface area contributed by atoms with Crippen molar-refractivity contribution >= 4 is 17.5 Å². The quantitative estimate of drug-likeness (QED) is 0.774. The van der Waals surface area contributed by atoms with Gasteiger partial charge in [0.1, 0.15) is 12.7 Å². The predicted molar refractivity (Wildman–Crippen MR) is 91.2 cm³/mol. The first kappa shape index (κ1) is 16.1. The molecule has 3 aromatic rings. The van der Waals surface area contributed by atoms with E-state index >= 15 is 0 Å². The van der Waals surface area contributed by atoms with Crippen molar-refractivity contribution in [3.05, 3.63) is 71.4 Å². The Hall–Kier alpha value is -2.73. The Morgan fingerprint density at radius 3 is 2.79 bits per heavy atom. The van der Waals surface area contributed by atoms with Crippen molar-refractivity contribution in [3.8, 4) is 5.82 Å². The van der Waals surface area contributed by atoms with Crippen LogP contribution in [-0.4, -0.2) is 31.7 Å². The van der Waals surface area contributed by atoms with Gasteiger partial charge in [-0.25, -0.2) is 14.6 Å². The van der Waals surface area contributed by atoms with Crippen molar-refractivity contribution < 1.29 is 4.79 Å². The molecule has 0 aliphatic rings. The molecule has 0 saturated carbocycles. The number of carbonyl (C=O) groups is 1. The second kappa shape index (κ2) is 7.23. The molecule has 0 spiro atoms. The molecule has 0 radical (unpaired) electrons. The molecule has 0 bridgehead atoms. The average Bonchev–Trinajstić information content (AvgIpc) is 3.11. The van der Waals surface area contributed by atoms with E-state index in [1.54, 1.807) is 18.3 Å². The molecule has 1 amide bonds. The molecule has 7 heteroatoms. The zero-order valence-corrected chi connectivity index (χ0v) is 13.8. The Kier molecular flexibility index (Phi) is 4.86. The first-order valence-electron chi connectivity index (χ1n) is 7.48. The summed E-state index contributed by atoms with van der Waals surface area (Å²) in [4.78, 5) is 20.5. The van der Waals surface area contributed by atoms with Crippen LogP contribution in [-0.2, 0) is 6.42 Å². The molecule has 1 atom stereocenters. The topological polar surface area (TPSA) is 72.7 Å². The Bertz CT molecular complexity index is 817. The Balaban J connectivity index is 1.66.